The molecule has 3 fully saturated rings. The van der Waals surface area contributed by atoms with Crippen LogP contribution < -0.4 is 5.32 Å². The zero-order valence-corrected chi connectivity index (χ0v) is 18.4. The summed E-state index contributed by atoms with van der Waals surface area (Å²) >= 11 is 0. The van der Waals surface area contributed by atoms with Crippen LogP contribution in [0.25, 0.3) is 0 Å². The molecule has 3 aliphatic heterocycles. The molecular weight excluding hydrogens is 398 g/mol. The average Bonchev–Trinajstić information content (AvgIpc) is 2.73. The van der Waals surface area contributed by atoms with Gasteiger partial charge in [-0.1, -0.05) is 18.1 Å². The van der Waals surface area contributed by atoms with E-state index in [2.05, 4.69) is 16.3 Å². The number of amides is 1. The van der Waals surface area contributed by atoms with Crippen molar-refractivity contribution in [1.82, 2.24) is 9.21 Å². The number of nitrogens with one attached hydrogen (secondary N) is 1. The Morgan fingerprint density at radius 2 is 1.90 bits per heavy atom. The first-order valence-electron chi connectivity index (χ1n) is 11.3. The normalized spacial score (nSPS) is 32.0. The van der Waals surface area contributed by atoms with Crippen LogP contribution in [0.3, 0.4) is 0 Å². The molecule has 1 N–H and O–H groups in total. The van der Waals surface area contributed by atoms with Gasteiger partial charge in [-0.15, -0.1) is 0 Å². The van der Waals surface area contributed by atoms with Gasteiger partial charge in [0.25, 0.3) is 0 Å². The van der Waals surface area contributed by atoms with Gasteiger partial charge in [-0.05, 0) is 74.8 Å². The van der Waals surface area contributed by atoms with Crippen molar-refractivity contribution >= 4 is 21.6 Å². The molecule has 3 heterocycles. The first kappa shape index (κ1) is 20.2. The van der Waals surface area contributed by atoms with E-state index in [0.717, 1.165) is 32.4 Å². The zero-order chi connectivity index (χ0) is 20.9. The number of sulfonamides is 1. The van der Waals surface area contributed by atoms with Crippen molar-refractivity contribution in [2.75, 3.05) is 25.0 Å². The molecule has 0 aromatic heterocycles. The van der Waals surface area contributed by atoms with Crippen molar-refractivity contribution in [3.05, 3.63) is 35.9 Å². The summed E-state index contributed by atoms with van der Waals surface area (Å²) in [6.07, 6.45) is 9.35. The van der Waals surface area contributed by atoms with Crippen LogP contribution in [0.1, 0.15) is 45.4 Å². The first-order chi connectivity index (χ1) is 14.4. The minimum atomic E-state index is -3.58. The molecule has 30 heavy (non-hydrogen) atoms. The third-order valence-electron chi connectivity index (χ3n) is 7.39. The average molecular weight is 430 g/mol. The number of anilines is 1. The van der Waals surface area contributed by atoms with E-state index in [1.807, 2.05) is 0 Å². The molecule has 1 aromatic rings. The van der Waals surface area contributed by atoms with E-state index < -0.39 is 10.0 Å². The second-order valence-corrected chi connectivity index (χ2v) is 11.2. The zero-order valence-electron chi connectivity index (χ0n) is 17.6. The standard InChI is InChI=1S/C23H31N3O3S/c1-16(27)24-20-7-9-21(10-8-20)30(28,29)26-12-4-5-17-13-18-14-19(23(17)26)15-25-11-3-2-6-22(18)25/h7-10,13,18-19,22-23H,2-6,11-12,14-15H2,1H3,(H,24,27)/t18?,19?,22-,23-/m1/s1. The van der Waals surface area contributed by atoms with Crippen molar-refractivity contribution < 1.29 is 13.2 Å². The molecule has 1 amide bonds. The van der Waals surface area contributed by atoms with Crippen molar-refractivity contribution in [3.63, 3.8) is 0 Å². The van der Waals surface area contributed by atoms with Gasteiger partial charge in [0.05, 0.1) is 10.9 Å². The Morgan fingerprint density at radius 3 is 2.67 bits per heavy atom. The Hall–Kier alpha value is -1.70. The fraction of sp³-hybridized carbons (Fsp3) is 0.609. The lowest BCUT2D eigenvalue weighted by Crippen LogP contribution is -2.59. The molecule has 162 valence electrons. The molecule has 4 atom stereocenters. The van der Waals surface area contributed by atoms with Crippen molar-refractivity contribution in [2.45, 2.75) is 62.4 Å². The Balaban J connectivity index is 1.44. The molecule has 1 aromatic carbocycles. The number of rotatable bonds is 3. The fourth-order valence-electron chi connectivity index (χ4n) is 6.24. The lowest BCUT2D eigenvalue weighted by Gasteiger charge is -2.54. The molecule has 2 bridgehead atoms. The third-order valence-corrected chi connectivity index (χ3v) is 9.29. The minimum Gasteiger partial charge on any atom is -0.326 e. The van der Waals surface area contributed by atoms with Crippen molar-refractivity contribution in [3.8, 4) is 0 Å². The van der Waals surface area contributed by atoms with Gasteiger partial charge >= 0.3 is 0 Å². The Morgan fingerprint density at radius 1 is 1.10 bits per heavy atom. The Labute approximate surface area is 179 Å². The number of carbonyl (C=O) groups is 1. The van der Waals surface area contributed by atoms with Gasteiger partial charge < -0.3 is 5.32 Å². The van der Waals surface area contributed by atoms with Gasteiger partial charge in [0.1, 0.15) is 0 Å². The number of nitrogens with zero attached hydrogens (tertiary/aromatic N) is 2. The van der Waals surface area contributed by atoms with Crippen molar-refractivity contribution in [1.29, 1.82) is 0 Å². The largest absolute Gasteiger partial charge is 0.326 e. The van der Waals surface area contributed by atoms with Crippen LogP contribution in [0, 0.1) is 11.8 Å². The van der Waals surface area contributed by atoms with Gasteiger partial charge in [0.2, 0.25) is 15.9 Å². The van der Waals surface area contributed by atoms with Crippen LogP contribution in [0.4, 0.5) is 5.69 Å². The molecule has 7 heteroatoms. The van der Waals surface area contributed by atoms with E-state index in [0.29, 0.717) is 35.0 Å². The summed E-state index contributed by atoms with van der Waals surface area (Å²) in [4.78, 5) is 14.2. The Kier molecular flexibility index (Phi) is 5.24. The highest BCUT2D eigenvalue weighted by Gasteiger charge is 2.48. The molecular formula is C23H31N3O3S. The summed E-state index contributed by atoms with van der Waals surface area (Å²) in [5.74, 6) is 0.814. The Bertz CT molecular complexity index is 956. The topological polar surface area (TPSA) is 69.7 Å². The number of fused-ring (bicyclic) bond motifs is 6. The highest BCUT2D eigenvalue weighted by Crippen LogP contribution is 2.46. The summed E-state index contributed by atoms with van der Waals surface area (Å²) in [7, 11) is -3.58. The SMILES string of the molecule is CC(=O)Nc1ccc(S(=O)(=O)N2CCCC3=CC4CC(CN5CCCC[C@H]45)[C@@H]32)cc1. The molecule has 6 nitrogen and oxygen atoms in total. The number of carbonyl (C=O) groups excluding carboxylic acids is 1. The van der Waals surface area contributed by atoms with E-state index in [4.69, 9.17) is 0 Å². The summed E-state index contributed by atoms with van der Waals surface area (Å²) in [6, 6.07) is 7.24. The first-order valence-corrected chi connectivity index (χ1v) is 12.7. The maximum absolute atomic E-state index is 13.6. The van der Waals surface area contributed by atoms with Crippen LogP contribution >= 0.6 is 0 Å². The molecule has 1 aliphatic carbocycles. The predicted octanol–water partition coefficient (Wildman–Crippen LogP) is 3.23. The van der Waals surface area contributed by atoms with E-state index >= 15 is 0 Å². The minimum absolute atomic E-state index is 0.00195. The highest BCUT2D eigenvalue weighted by atomic mass is 32.2. The van der Waals surface area contributed by atoms with Gasteiger partial charge in [0.15, 0.2) is 0 Å². The van der Waals surface area contributed by atoms with E-state index in [1.165, 1.54) is 31.8 Å². The van der Waals surface area contributed by atoms with Crippen LogP contribution in [-0.4, -0.2) is 55.2 Å². The maximum Gasteiger partial charge on any atom is 0.243 e. The number of benzene rings is 1. The van der Waals surface area contributed by atoms with E-state index in [1.54, 1.807) is 28.6 Å². The highest BCUT2D eigenvalue weighted by molar-refractivity contribution is 7.89. The molecule has 0 spiro atoms. The van der Waals surface area contributed by atoms with Crippen molar-refractivity contribution in [2.24, 2.45) is 11.8 Å². The van der Waals surface area contributed by atoms with Gasteiger partial charge in [-0.25, -0.2) is 8.42 Å². The lowest BCUT2D eigenvalue weighted by atomic mass is 9.68. The van der Waals surface area contributed by atoms with Crippen LogP contribution in [0.2, 0.25) is 0 Å². The molecule has 0 saturated carbocycles. The monoisotopic (exact) mass is 429 g/mol. The number of hydrogen-bond acceptors (Lipinski definition) is 4. The maximum atomic E-state index is 13.6. The van der Waals surface area contributed by atoms with Crippen LogP contribution in [-0.2, 0) is 14.8 Å². The van der Waals surface area contributed by atoms with E-state index in [-0.39, 0.29) is 11.9 Å². The molecule has 0 radical (unpaired) electrons. The summed E-state index contributed by atoms with van der Waals surface area (Å²) < 4.78 is 29.0. The number of hydrogen-bond donors (Lipinski definition) is 1. The van der Waals surface area contributed by atoms with Crippen LogP contribution in [0.15, 0.2) is 40.8 Å². The summed E-state index contributed by atoms with van der Waals surface area (Å²) in [5, 5.41) is 2.70. The lowest BCUT2D eigenvalue weighted by molar-refractivity contribution is -0.114. The second kappa shape index (κ2) is 7.77. The van der Waals surface area contributed by atoms with Crippen LogP contribution in [0.5, 0.6) is 0 Å². The summed E-state index contributed by atoms with van der Waals surface area (Å²) in [6.45, 7) is 4.21. The third kappa shape index (κ3) is 3.51. The van der Waals surface area contributed by atoms with Gasteiger partial charge in [-0.2, -0.15) is 4.31 Å². The molecule has 4 aliphatic rings. The summed E-state index contributed by atoms with van der Waals surface area (Å²) in [5.41, 5.74) is 1.97. The predicted molar refractivity (Wildman–Crippen MR) is 117 cm³/mol. The molecule has 5 rings (SSSR count). The number of piperidine rings is 3. The van der Waals surface area contributed by atoms with E-state index in [9.17, 15) is 13.2 Å². The smallest absolute Gasteiger partial charge is 0.243 e. The second-order valence-electron chi connectivity index (χ2n) is 9.33. The molecule has 3 saturated heterocycles. The molecule has 2 unspecified atom stereocenters. The van der Waals surface area contributed by atoms with Gasteiger partial charge in [-0.3, -0.25) is 9.69 Å². The fourth-order valence-corrected chi connectivity index (χ4v) is 7.97. The quantitative estimate of drug-likeness (QED) is 0.749. The van der Waals surface area contributed by atoms with Gasteiger partial charge in [0, 0.05) is 31.7 Å².